The summed E-state index contributed by atoms with van der Waals surface area (Å²) >= 11 is 0. The number of methoxy groups -OCH3 is 2. The van der Waals surface area contributed by atoms with E-state index in [0.717, 1.165) is 19.8 Å². The molecule has 55 heavy (non-hydrogen) atoms. The van der Waals surface area contributed by atoms with E-state index in [1.54, 1.807) is 18.2 Å². The van der Waals surface area contributed by atoms with Crippen molar-refractivity contribution in [3.8, 4) is 29.6 Å². The Kier molecular flexibility index (Phi) is 11.5. The first-order valence-corrected chi connectivity index (χ1v) is 18.0. The smallest absolute Gasteiger partial charge is 0.388 e. The van der Waals surface area contributed by atoms with Crippen LogP contribution in [0.25, 0.3) is 21.8 Å². The third-order valence-corrected chi connectivity index (χ3v) is 10.1. The fourth-order valence-electron chi connectivity index (χ4n) is 4.93. The number of halogens is 6. The van der Waals surface area contributed by atoms with Crippen molar-refractivity contribution in [3.63, 3.8) is 0 Å². The molecule has 0 spiro atoms. The average molecular weight is 814 g/mol. The standard InChI is InChI=1S/C16H11F3N4O4S.C16H14F3N3O4S/c1-26-15-12(5-10(17)14(22-15)27-16(18)19)23-28(24,25)13-7-21-11-4-8(6-20)2-3-9(11)13;1-8-3-4-9-11(5-8)20-7-13(9)27(23,24)22-12-6-10(17)14(26-16(18)19)21-15(12)25-2/h2-5,7,16,21,23H,1H3;3-7,16,20,22H,1-2H3. The van der Waals surface area contributed by atoms with E-state index < -0.39 is 74.1 Å². The van der Waals surface area contributed by atoms with Gasteiger partial charge in [0, 0.05) is 46.3 Å². The van der Waals surface area contributed by atoms with Crippen molar-refractivity contribution in [2.45, 2.75) is 29.9 Å². The van der Waals surface area contributed by atoms with E-state index >= 15 is 0 Å². The zero-order valence-corrected chi connectivity index (χ0v) is 29.8. The zero-order chi connectivity index (χ0) is 40.2. The molecule has 2 aromatic carbocycles. The minimum Gasteiger partial charge on any atom is -0.479 e. The van der Waals surface area contributed by atoms with Gasteiger partial charge < -0.3 is 28.9 Å². The van der Waals surface area contributed by atoms with Gasteiger partial charge in [-0.15, -0.1) is 0 Å². The summed E-state index contributed by atoms with van der Waals surface area (Å²) < 4.78 is 150. The van der Waals surface area contributed by atoms with Crippen molar-refractivity contribution in [2.75, 3.05) is 23.7 Å². The molecule has 0 unspecified atom stereocenters. The monoisotopic (exact) mass is 813 g/mol. The van der Waals surface area contributed by atoms with Crippen molar-refractivity contribution in [3.05, 3.63) is 83.7 Å². The highest BCUT2D eigenvalue weighted by Crippen LogP contribution is 2.34. The van der Waals surface area contributed by atoms with Gasteiger partial charge in [0.2, 0.25) is 11.8 Å². The number of hydrogen-bond acceptors (Lipinski definition) is 11. The summed E-state index contributed by atoms with van der Waals surface area (Å²) in [4.78, 5) is 12.2. The molecular formula is C32H25F6N7O8S2. The molecule has 15 nitrogen and oxygen atoms in total. The number of nitrogens with zero attached hydrogens (tertiary/aromatic N) is 3. The number of benzene rings is 2. The van der Waals surface area contributed by atoms with Crippen LogP contribution in [-0.2, 0) is 20.0 Å². The Morgan fingerprint density at radius 1 is 0.691 bits per heavy atom. The molecule has 0 aliphatic carbocycles. The molecule has 6 aromatic rings. The van der Waals surface area contributed by atoms with Crippen LogP contribution >= 0.6 is 0 Å². The van der Waals surface area contributed by atoms with E-state index in [4.69, 9.17) is 14.7 Å². The number of sulfonamides is 2. The number of pyridine rings is 2. The minimum absolute atomic E-state index is 0.0760. The van der Waals surface area contributed by atoms with Gasteiger partial charge in [-0.2, -0.15) is 32.8 Å². The number of fused-ring (bicyclic) bond motifs is 2. The van der Waals surface area contributed by atoms with Gasteiger partial charge in [-0.1, -0.05) is 18.2 Å². The number of hydrogen-bond donors (Lipinski definition) is 4. The normalized spacial score (nSPS) is 11.6. The third-order valence-electron chi connectivity index (χ3n) is 7.25. The number of nitrogens with one attached hydrogen (secondary N) is 4. The van der Waals surface area contributed by atoms with E-state index in [2.05, 4.69) is 38.9 Å². The predicted molar refractivity (Wildman–Crippen MR) is 182 cm³/mol. The minimum atomic E-state index is -4.24. The molecule has 0 atom stereocenters. The van der Waals surface area contributed by atoms with E-state index in [1.807, 2.05) is 13.0 Å². The lowest BCUT2D eigenvalue weighted by Gasteiger charge is -2.13. The van der Waals surface area contributed by atoms with E-state index in [1.165, 1.54) is 30.6 Å². The number of aromatic nitrogens is 4. The van der Waals surface area contributed by atoms with Crippen molar-refractivity contribution < 1.29 is 62.1 Å². The Hall–Kier alpha value is -6.41. The van der Waals surface area contributed by atoms with Crippen LogP contribution in [-0.4, -0.2) is 64.2 Å². The van der Waals surface area contributed by atoms with Gasteiger partial charge in [0.1, 0.15) is 21.2 Å². The van der Waals surface area contributed by atoms with Gasteiger partial charge in [0.25, 0.3) is 31.8 Å². The van der Waals surface area contributed by atoms with Crippen LogP contribution in [0.1, 0.15) is 11.1 Å². The average Bonchev–Trinajstić information content (AvgIpc) is 3.75. The summed E-state index contributed by atoms with van der Waals surface area (Å²) in [6, 6.07) is 12.7. The highest BCUT2D eigenvalue weighted by atomic mass is 32.2. The van der Waals surface area contributed by atoms with E-state index in [-0.39, 0.29) is 20.9 Å². The molecule has 6 rings (SSSR count). The second-order valence-electron chi connectivity index (χ2n) is 10.9. The van der Waals surface area contributed by atoms with Gasteiger partial charge in [-0.25, -0.2) is 25.6 Å². The maximum absolute atomic E-state index is 13.9. The maximum atomic E-state index is 13.9. The lowest BCUT2D eigenvalue weighted by molar-refractivity contribution is -0.0562. The molecule has 23 heteroatoms. The maximum Gasteiger partial charge on any atom is 0.388 e. The van der Waals surface area contributed by atoms with Crippen LogP contribution < -0.4 is 28.4 Å². The molecule has 4 aromatic heterocycles. The number of aromatic amines is 2. The SMILES string of the molecule is COc1nc(OC(F)F)c(F)cc1NS(=O)(=O)c1c[nH]c2cc(C#N)ccc12.COc1nc(OC(F)F)c(F)cc1NS(=O)(=O)c1c[nH]c2cc(C)ccc12. The van der Waals surface area contributed by atoms with Crippen LogP contribution in [0, 0.1) is 29.9 Å². The van der Waals surface area contributed by atoms with Crippen LogP contribution in [0.15, 0.2) is 70.7 Å². The molecule has 4 N–H and O–H groups in total. The number of rotatable bonds is 12. The lowest BCUT2D eigenvalue weighted by Crippen LogP contribution is -2.15. The first-order chi connectivity index (χ1) is 26.0. The molecule has 0 fully saturated rings. The predicted octanol–water partition coefficient (Wildman–Crippen LogP) is 6.41. The number of anilines is 2. The summed E-state index contributed by atoms with van der Waals surface area (Å²) in [5.41, 5.74) is 1.49. The highest BCUT2D eigenvalue weighted by Gasteiger charge is 2.26. The van der Waals surface area contributed by atoms with Crippen molar-refractivity contribution in [2.24, 2.45) is 0 Å². The summed E-state index contributed by atoms with van der Waals surface area (Å²) in [5.74, 6) is -5.52. The summed E-state index contributed by atoms with van der Waals surface area (Å²) in [5, 5.41) is 9.63. The second-order valence-corrected chi connectivity index (χ2v) is 14.2. The van der Waals surface area contributed by atoms with Gasteiger partial charge in [0.15, 0.2) is 11.6 Å². The molecule has 0 amide bonds. The van der Waals surface area contributed by atoms with Crippen LogP contribution in [0.4, 0.5) is 37.7 Å². The van der Waals surface area contributed by atoms with Gasteiger partial charge in [-0.05, 0) is 30.7 Å². The van der Waals surface area contributed by atoms with Crippen LogP contribution in [0.3, 0.4) is 0 Å². The summed E-state index contributed by atoms with van der Waals surface area (Å²) in [7, 11) is -6.17. The first-order valence-electron chi connectivity index (χ1n) is 15.0. The molecule has 4 heterocycles. The van der Waals surface area contributed by atoms with Crippen molar-refractivity contribution in [1.82, 2.24) is 19.9 Å². The zero-order valence-electron chi connectivity index (χ0n) is 28.1. The molecule has 0 bridgehead atoms. The summed E-state index contributed by atoms with van der Waals surface area (Å²) in [6.45, 7) is -4.76. The quantitative estimate of drug-likeness (QED) is 0.0993. The van der Waals surface area contributed by atoms with Crippen LogP contribution in [0.5, 0.6) is 23.5 Å². The number of ether oxygens (including phenoxy) is 4. The third kappa shape index (κ3) is 8.87. The number of H-pyrrole nitrogens is 2. The Labute approximate surface area is 306 Å². The number of nitriles is 1. The molecule has 0 radical (unpaired) electrons. The van der Waals surface area contributed by atoms with E-state index in [9.17, 15) is 43.2 Å². The fraction of sp³-hybridized carbons (Fsp3) is 0.156. The molecule has 0 saturated carbocycles. The Balaban J connectivity index is 0.000000211. The van der Waals surface area contributed by atoms with Gasteiger partial charge >= 0.3 is 13.2 Å². The number of alkyl halides is 4. The fourth-order valence-corrected chi connectivity index (χ4v) is 7.38. The summed E-state index contributed by atoms with van der Waals surface area (Å²) in [6.07, 6.45) is 2.48. The Bertz CT molecular complexity index is 2650. The lowest BCUT2D eigenvalue weighted by atomic mass is 10.2. The van der Waals surface area contributed by atoms with Crippen molar-refractivity contribution >= 4 is 53.2 Å². The van der Waals surface area contributed by atoms with Gasteiger partial charge in [-0.3, -0.25) is 9.44 Å². The first kappa shape index (κ1) is 39.8. The highest BCUT2D eigenvalue weighted by molar-refractivity contribution is 7.93. The molecule has 0 saturated heterocycles. The molecular weight excluding hydrogens is 789 g/mol. The Morgan fingerprint density at radius 2 is 1.13 bits per heavy atom. The molecule has 290 valence electrons. The van der Waals surface area contributed by atoms with Crippen molar-refractivity contribution in [1.29, 1.82) is 5.26 Å². The van der Waals surface area contributed by atoms with Gasteiger partial charge in [0.05, 0.1) is 25.9 Å². The topological polar surface area (TPSA) is 210 Å². The second kappa shape index (κ2) is 15.9. The Morgan fingerprint density at radius 3 is 1.55 bits per heavy atom. The molecule has 0 aliphatic heterocycles. The molecule has 0 aliphatic rings. The van der Waals surface area contributed by atoms with Crippen LogP contribution in [0.2, 0.25) is 0 Å². The van der Waals surface area contributed by atoms with E-state index in [0.29, 0.717) is 34.1 Å². The largest absolute Gasteiger partial charge is 0.479 e. The number of aryl methyl sites for hydroxylation is 1.